The summed E-state index contributed by atoms with van der Waals surface area (Å²) in [6.07, 6.45) is 3.28. The molecule has 0 aliphatic heterocycles. The topological polar surface area (TPSA) is 100 Å². The van der Waals surface area contributed by atoms with Gasteiger partial charge in [-0.25, -0.2) is 4.39 Å². The lowest BCUT2D eigenvalue weighted by Gasteiger charge is -2.70. The van der Waals surface area contributed by atoms with E-state index in [0.29, 0.717) is 32.1 Å². The Kier molecular flexibility index (Phi) is 5.15. The van der Waals surface area contributed by atoms with Crippen LogP contribution in [0.4, 0.5) is 4.39 Å². The van der Waals surface area contributed by atoms with Crippen molar-refractivity contribution >= 4 is 23.4 Å². The fourth-order valence-electron chi connectivity index (χ4n) is 4.78. The van der Waals surface area contributed by atoms with Crippen LogP contribution in [0, 0.1) is 22.6 Å². The molecule has 4 saturated carbocycles. The number of ether oxygens (including phenoxy) is 2. The van der Waals surface area contributed by atoms with E-state index in [0.717, 1.165) is 6.07 Å². The van der Waals surface area contributed by atoms with Gasteiger partial charge in [-0.05, 0) is 51.2 Å². The maximum absolute atomic E-state index is 13.4. The molecular weight excluding hydrogens is 413 g/mol. The highest BCUT2D eigenvalue weighted by Gasteiger charge is 2.69. The summed E-state index contributed by atoms with van der Waals surface area (Å²) >= 11 is 5.61. The molecule has 0 unspecified atom stereocenters. The Morgan fingerprint density at radius 2 is 1.80 bits per heavy atom. The first-order chi connectivity index (χ1) is 14.1. The van der Waals surface area contributed by atoms with Crippen molar-refractivity contribution in [3.05, 3.63) is 29.0 Å². The fourth-order valence-corrected chi connectivity index (χ4v) is 4.90. The standard InChI is InChI=1S/C21H23ClFN3O4/c1-19(12-24)5-14(6-19)30-8-18(28)26-21-9-20(10-21,11-21)25-17(27)7-29-13-2-3-15(22)16(23)4-13/h2-4,14H,5-11H2,1H3,(H,25,27)(H,26,28)/t14-,19-,20?,21?. The number of nitrogens with zero attached hydrogens (tertiary/aromatic N) is 1. The normalized spacial score (nSPS) is 33.2. The molecule has 1 aromatic rings. The molecule has 7 nitrogen and oxygen atoms in total. The molecule has 2 N–H and O–H groups in total. The fraction of sp³-hybridized carbons (Fsp3) is 0.571. The van der Waals surface area contributed by atoms with Gasteiger partial charge < -0.3 is 20.1 Å². The van der Waals surface area contributed by atoms with Gasteiger partial charge in [0, 0.05) is 17.1 Å². The molecule has 4 aliphatic carbocycles. The van der Waals surface area contributed by atoms with Crippen LogP contribution in [-0.2, 0) is 14.3 Å². The van der Waals surface area contributed by atoms with Gasteiger partial charge in [-0.3, -0.25) is 9.59 Å². The predicted octanol–water partition coefficient (Wildman–Crippen LogP) is 2.47. The van der Waals surface area contributed by atoms with E-state index in [2.05, 4.69) is 16.7 Å². The number of nitriles is 1. The second-order valence-electron chi connectivity index (χ2n) is 9.07. The van der Waals surface area contributed by atoms with Crippen LogP contribution in [0.25, 0.3) is 0 Å². The van der Waals surface area contributed by atoms with Crippen LogP contribution in [0.1, 0.15) is 39.0 Å². The van der Waals surface area contributed by atoms with Gasteiger partial charge in [-0.15, -0.1) is 0 Å². The van der Waals surface area contributed by atoms with E-state index in [1.54, 1.807) is 0 Å². The maximum atomic E-state index is 13.4. The van der Waals surface area contributed by atoms with Crippen LogP contribution in [-0.4, -0.2) is 42.2 Å². The highest BCUT2D eigenvalue weighted by atomic mass is 35.5. The first kappa shape index (κ1) is 20.9. The van der Waals surface area contributed by atoms with Crippen LogP contribution in [0.2, 0.25) is 5.02 Å². The van der Waals surface area contributed by atoms with Crippen molar-refractivity contribution in [2.24, 2.45) is 5.41 Å². The Morgan fingerprint density at radius 3 is 2.37 bits per heavy atom. The first-order valence-corrected chi connectivity index (χ1v) is 10.2. The lowest BCUT2D eigenvalue weighted by molar-refractivity contribution is -0.155. The van der Waals surface area contributed by atoms with Crippen molar-refractivity contribution < 1.29 is 23.5 Å². The molecule has 0 atom stereocenters. The molecule has 160 valence electrons. The number of benzene rings is 1. The zero-order chi connectivity index (χ0) is 21.6. The monoisotopic (exact) mass is 435 g/mol. The van der Waals surface area contributed by atoms with Gasteiger partial charge >= 0.3 is 0 Å². The number of carbonyl (C=O) groups excluding carboxylic acids is 2. The van der Waals surface area contributed by atoms with Gasteiger partial charge in [0.05, 0.1) is 22.6 Å². The molecular formula is C21H23ClFN3O4. The first-order valence-electron chi connectivity index (χ1n) is 9.87. The van der Waals surface area contributed by atoms with Gasteiger partial charge in [0.25, 0.3) is 5.91 Å². The van der Waals surface area contributed by atoms with E-state index in [-0.39, 0.29) is 58.4 Å². The average molecular weight is 436 g/mol. The molecule has 1 aromatic carbocycles. The van der Waals surface area contributed by atoms with Gasteiger partial charge in [-0.2, -0.15) is 5.26 Å². The van der Waals surface area contributed by atoms with Crippen molar-refractivity contribution in [2.45, 2.75) is 56.2 Å². The molecule has 2 bridgehead atoms. The summed E-state index contributed by atoms with van der Waals surface area (Å²) in [6.45, 7) is 1.65. The van der Waals surface area contributed by atoms with Crippen LogP contribution in [0.5, 0.6) is 5.75 Å². The van der Waals surface area contributed by atoms with E-state index in [1.165, 1.54) is 12.1 Å². The number of amides is 2. The number of hydrogen-bond acceptors (Lipinski definition) is 5. The molecule has 4 aliphatic rings. The number of rotatable bonds is 8. The van der Waals surface area contributed by atoms with Gasteiger partial charge in [0.2, 0.25) is 5.91 Å². The van der Waals surface area contributed by atoms with Gasteiger partial charge in [-0.1, -0.05) is 11.6 Å². The SMILES string of the molecule is C[C@]1(C#N)C[C@H](OCC(=O)NC23CC(NC(=O)COc4ccc(Cl)c(F)c4)(C2)C3)C1. The van der Waals surface area contributed by atoms with Crippen molar-refractivity contribution in [1.29, 1.82) is 5.26 Å². The molecule has 4 fully saturated rings. The minimum Gasteiger partial charge on any atom is -0.484 e. The smallest absolute Gasteiger partial charge is 0.258 e. The molecule has 0 spiro atoms. The van der Waals surface area contributed by atoms with E-state index in [1.807, 2.05) is 6.92 Å². The molecule has 9 heteroatoms. The summed E-state index contributed by atoms with van der Waals surface area (Å²) in [4.78, 5) is 24.3. The number of halogens is 2. The van der Waals surface area contributed by atoms with Crippen molar-refractivity contribution in [1.82, 2.24) is 10.6 Å². The molecule has 30 heavy (non-hydrogen) atoms. The van der Waals surface area contributed by atoms with E-state index < -0.39 is 5.82 Å². The molecule has 0 saturated heterocycles. The lowest BCUT2D eigenvalue weighted by atomic mass is 9.44. The van der Waals surface area contributed by atoms with Crippen LogP contribution >= 0.6 is 11.6 Å². The number of carbonyl (C=O) groups is 2. The minimum absolute atomic E-state index is 0.00765. The van der Waals surface area contributed by atoms with Crippen LogP contribution in [0.3, 0.4) is 0 Å². The van der Waals surface area contributed by atoms with Crippen molar-refractivity contribution in [3.8, 4) is 11.8 Å². The Hall–Kier alpha value is -2.37. The second-order valence-corrected chi connectivity index (χ2v) is 9.47. The lowest BCUT2D eigenvalue weighted by Crippen LogP contribution is -2.84. The maximum Gasteiger partial charge on any atom is 0.258 e. The highest BCUT2D eigenvalue weighted by molar-refractivity contribution is 6.30. The summed E-state index contributed by atoms with van der Waals surface area (Å²) in [5, 5.41) is 14.9. The quantitative estimate of drug-likeness (QED) is 0.653. The van der Waals surface area contributed by atoms with E-state index in [9.17, 15) is 14.0 Å². The average Bonchev–Trinajstić information content (AvgIpc) is 2.62. The molecule has 0 aromatic heterocycles. The summed E-state index contributed by atoms with van der Waals surface area (Å²) in [5.41, 5.74) is -0.901. The summed E-state index contributed by atoms with van der Waals surface area (Å²) in [7, 11) is 0. The summed E-state index contributed by atoms with van der Waals surface area (Å²) < 4.78 is 24.3. The van der Waals surface area contributed by atoms with E-state index >= 15 is 0 Å². The second kappa shape index (κ2) is 7.40. The van der Waals surface area contributed by atoms with Crippen molar-refractivity contribution in [3.63, 3.8) is 0 Å². The Labute approximate surface area is 178 Å². The highest BCUT2D eigenvalue weighted by Crippen LogP contribution is 2.60. The number of hydrogen-bond donors (Lipinski definition) is 2. The van der Waals surface area contributed by atoms with Crippen LogP contribution in [0.15, 0.2) is 18.2 Å². The molecule has 5 rings (SSSR count). The third-order valence-corrected chi connectivity index (χ3v) is 6.48. The third-order valence-electron chi connectivity index (χ3n) is 6.18. The van der Waals surface area contributed by atoms with Crippen LogP contribution < -0.4 is 15.4 Å². The Morgan fingerprint density at radius 1 is 1.20 bits per heavy atom. The molecule has 2 amide bonds. The van der Waals surface area contributed by atoms with Gasteiger partial charge in [0.15, 0.2) is 6.61 Å². The number of nitrogens with one attached hydrogen (secondary N) is 2. The van der Waals surface area contributed by atoms with Crippen molar-refractivity contribution in [2.75, 3.05) is 13.2 Å². The zero-order valence-electron chi connectivity index (χ0n) is 16.6. The minimum atomic E-state index is -0.605. The molecule has 0 heterocycles. The largest absolute Gasteiger partial charge is 0.484 e. The Bertz CT molecular complexity index is 906. The summed E-state index contributed by atoms with van der Waals surface area (Å²) in [6, 6.07) is 6.25. The van der Waals surface area contributed by atoms with Gasteiger partial charge in [0.1, 0.15) is 18.2 Å². The van der Waals surface area contributed by atoms with E-state index in [4.69, 9.17) is 26.3 Å². The third kappa shape index (κ3) is 4.09. The summed E-state index contributed by atoms with van der Waals surface area (Å²) in [5.74, 6) is -0.839. The zero-order valence-corrected chi connectivity index (χ0v) is 17.4. The molecule has 0 radical (unpaired) electrons. The predicted molar refractivity (Wildman–Crippen MR) is 105 cm³/mol. The Balaban J connectivity index is 1.13.